The van der Waals surface area contributed by atoms with E-state index in [1.54, 1.807) is 42.5 Å². The largest absolute Gasteiger partial charge is 0.442 e. The number of benzene rings is 3. The van der Waals surface area contributed by atoms with Gasteiger partial charge in [-0.2, -0.15) is 18.2 Å². The van der Waals surface area contributed by atoms with E-state index in [2.05, 4.69) is 0 Å². The number of alkyl halides is 3. The number of carbonyl (C=O) groups is 2. The molecule has 0 aromatic heterocycles. The van der Waals surface area contributed by atoms with Crippen LogP contribution in [0.2, 0.25) is 0 Å². The highest BCUT2D eigenvalue weighted by molar-refractivity contribution is 5.98. The second-order valence-electron chi connectivity index (χ2n) is 9.96. The number of halogens is 3. The summed E-state index contributed by atoms with van der Waals surface area (Å²) in [6.45, 7) is 4.31. The maximum absolute atomic E-state index is 14.3. The van der Waals surface area contributed by atoms with Crippen LogP contribution in [0.1, 0.15) is 54.2 Å². The predicted octanol–water partition coefficient (Wildman–Crippen LogP) is 7.13. The maximum Gasteiger partial charge on any atom is 0.435 e. The number of hydroxylamine groups is 2. The highest BCUT2D eigenvalue weighted by Gasteiger charge is 2.49. The van der Waals surface area contributed by atoms with Gasteiger partial charge in [0, 0.05) is 12.0 Å². The van der Waals surface area contributed by atoms with Crippen LogP contribution in [0.4, 0.5) is 18.0 Å². The molecule has 0 unspecified atom stereocenters. The van der Waals surface area contributed by atoms with Gasteiger partial charge in [-0.1, -0.05) is 66.7 Å². The summed E-state index contributed by atoms with van der Waals surface area (Å²) >= 11 is 0. The Morgan fingerprint density at radius 3 is 2.22 bits per heavy atom. The number of ketones is 1. The van der Waals surface area contributed by atoms with Gasteiger partial charge in [-0.25, -0.2) is 4.79 Å². The second kappa shape index (κ2) is 10.4. The van der Waals surface area contributed by atoms with E-state index in [-0.39, 0.29) is 17.2 Å². The van der Waals surface area contributed by atoms with Gasteiger partial charge < -0.3 is 4.74 Å². The molecule has 1 amide bonds. The lowest BCUT2D eigenvalue weighted by Gasteiger charge is -2.33. The number of hydrogen-bond acceptors (Lipinski definition) is 4. The molecule has 37 heavy (non-hydrogen) atoms. The summed E-state index contributed by atoms with van der Waals surface area (Å²) in [5.41, 5.74) is 3.62. The van der Waals surface area contributed by atoms with E-state index in [1.807, 2.05) is 24.3 Å². The molecule has 1 aliphatic rings. The summed E-state index contributed by atoms with van der Waals surface area (Å²) in [7, 11) is 0. The van der Waals surface area contributed by atoms with Gasteiger partial charge in [-0.3, -0.25) is 9.63 Å². The first-order valence-electron chi connectivity index (χ1n) is 11.9. The van der Waals surface area contributed by atoms with Gasteiger partial charge in [0.1, 0.15) is 12.2 Å². The molecule has 1 aliphatic carbocycles. The molecule has 0 N–H and O–H groups in total. The van der Waals surface area contributed by atoms with Crippen molar-refractivity contribution in [3.05, 3.63) is 95.1 Å². The summed E-state index contributed by atoms with van der Waals surface area (Å²) in [5.74, 6) is -0.752. The number of nitrogens with zero attached hydrogens (tertiary/aromatic N) is 1. The lowest BCUT2D eigenvalue weighted by molar-refractivity contribution is -0.262. The Labute approximate surface area is 213 Å². The van der Waals surface area contributed by atoms with Crippen molar-refractivity contribution >= 4 is 11.9 Å². The fraction of sp³-hybridized carbons (Fsp3) is 0.310. The second-order valence-corrected chi connectivity index (χ2v) is 9.96. The topological polar surface area (TPSA) is 55.8 Å². The Bertz CT molecular complexity index is 1280. The van der Waals surface area contributed by atoms with Crippen LogP contribution in [0, 0.1) is 0 Å². The fourth-order valence-electron chi connectivity index (χ4n) is 4.24. The Balaban J connectivity index is 1.59. The van der Waals surface area contributed by atoms with Gasteiger partial charge >= 0.3 is 12.3 Å². The maximum atomic E-state index is 14.3. The molecule has 5 nitrogen and oxygen atoms in total. The molecule has 0 saturated heterocycles. The van der Waals surface area contributed by atoms with Crippen molar-refractivity contribution in [2.24, 2.45) is 0 Å². The van der Waals surface area contributed by atoms with Gasteiger partial charge in [-0.05, 0) is 61.1 Å². The molecular formula is C29H28F3NO4. The monoisotopic (exact) mass is 511 g/mol. The molecule has 1 atom stereocenters. The summed E-state index contributed by atoms with van der Waals surface area (Å²) in [5, 5.41) is 0.152. The molecule has 0 saturated carbocycles. The van der Waals surface area contributed by atoms with Gasteiger partial charge in [0.05, 0.1) is 0 Å². The van der Waals surface area contributed by atoms with Crippen molar-refractivity contribution in [3.8, 4) is 11.1 Å². The van der Waals surface area contributed by atoms with Crippen molar-refractivity contribution in [3.63, 3.8) is 0 Å². The third-order valence-corrected chi connectivity index (χ3v) is 5.94. The van der Waals surface area contributed by atoms with E-state index in [0.29, 0.717) is 12.0 Å². The van der Waals surface area contributed by atoms with Crippen LogP contribution in [0.5, 0.6) is 0 Å². The minimum Gasteiger partial charge on any atom is -0.442 e. The Hall–Kier alpha value is -3.65. The lowest BCUT2D eigenvalue weighted by Crippen LogP contribution is -2.51. The number of carbonyl (C=O) groups excluding carboxylic acids is 2. The van der Waals surface area contributed by atoms with Crippen molar-refractivity contribution in [1.82, 2.24) is 5.06 Å². The van der Waals surface area contributed by atoms with Crippen molar-refractivity contribution < 1.29 is 32.3 Å². The van der Waals surface area contributed by atoms with Crippen LogP contribution in [0.3, 0.4) is 0 Å². The van der Waals surface area contributed by atoms with Crippen LogP contribution >= 0.6 is 0 Å². The zero-order valence-electron chi connectivity index (χ0n) is 20.8. The van der Waals surface area contributed by atoms with E-state index in [0.717, 1.165) is 22.3 Å². The number of rotatable bonds is 7. The Morgan fingerprint density at radius 2 is 1.54 bits per heavy atom. The zero-order chi connectivity index (χ0) is 26.8. The molecule has 0 spiro atoms. The Kier molecular flexibility index (Phi) is 7.41. The molecule has 0 radical (unpaired) electrons. The summed E-state index contributed by atoms with van der Waals surface area (Å²) in [4.78, 5) is 31.3. The van der Waals surface area contributed by atoms with E-state index >= 15 is 0 Å². The number of amides is 1. The zero-order valence-corrected chi connectivity index (χ0v) is 20.8. The standard InChI is InChI=1S/C29H28F3NO4/c1-28(2,3)37-27(35)33(36-18-19-9-5-4-6-10-19)26(29(30,31)32)17-25(34)21-13-14-24-22(16-21)15-20-11-7-8-12-23(20)24/h4-14,16,26H,15,17-18H2,1-3H3/t26-/m0/s1. The fourth-order valence-corrected chi connectivity index (χ4v) is 4.24. The van der Waals surface area contributed by atoms with Gasteiger partial charge in [0.15, 0.2) is 11.8 Å². The Morgan fingerprint density at radius 1 is 0.892 bits per heavy atom. The highest BCUT2D eigenvalue weighted by atomic mass is 19.4. The quantitative estimate of drug-likeness (QED) is 0.196. The van der Waals surface area contributed by atoms with E-state index < -0.39 is 36.1 Å². The summed E-state index contributed by atoms with van der Waals surface area (Å²) in [6.07, 6.45) is -6.68. The minimum atomic E-state index is -4.95. The molecule has 8 heteroatoms. The van der Waals surface area contributed by atoms with Crippen LogP contribution in [-0.4, -0.2) is 34.8 Å². The molecule has 194 valence electrons. The third kappa shape index (κ3) is 6.38. The van der Waals surface area contributed by atoms with Gasteiger partial charge in [0.2, 0.25) is 0 Å². The van der Waals surface area contributed by atoms with E-state index in [9.17, 15) is 22.8 Å². The normalized spacial score (nSPS) is 13.5. The predicted molar refractivity (Wildman–Crippen MR) is 133 cm³/mol. The number of fused-ring (bicyclic) bond motifs is 3. The average molecular weight is 512 g/mol. The first-order chi connectivity index (χ1) is 17.4. The average Bonchev–Trinajstić information content (AvgIpc) is 3.20. The van der Waals surface area contributed by atoms with Crippen molar-refractivity contribution in [1.29, 1.82) is 0 Å². The van der Waals surface area contributed by atoms with Gasteiger partial charge in [-0.15, -0.1) is 0 Å². The van der Waals surface area contributed by atoms with Crippen LogP contribution in [0.25, 0.3) is 11.1 Å². The molecule has 0 heterocycles. The molecular weight excluding hydrogens is 483 g/mol. The summed E-state index contributed by atoms with van der Waals surface area (Å²) < 4.78 is 48.0. The SMILES string of the molecule is CC(C)(C)OC(=O)N(OCc1ccccc1)[C@@H](CC(=O)c1ccc2c(c1)Cc1ccccc1-2)C(F)(F)F. The van der Waals surface area contributed by atoms with Crippen LogP contribution in [-0.2, 0) is 22.6 Å². The minimum absolute atomic E-state index is 0.146. The number of hydrogen-bond donors (Lipinski definition) is 0. The smallest absolute Gasteiger partial charge is 0.435 e. The van der Waals surface area contributed by atoms with Crippen molar-refractivity contribution in [2.75, 3.05) is 0 Å². The molecule has 3 aromatic carbocycles. The van der Waals surface area contributed by atoms with Crippen LogP contribution in [0.15, 0.2) is 72.8 Å². The van der Waals surface area contributed by atoms with E-state index in [4.69, 9.17) is 9.57 Å². The molecule has 0 bridgehead atoms. The molecule has 0 fully saturated rings. The number of ether oxygens (including phenoxy) is 1. The molecule has 4 rings (SSSR count). The number of Topliss-reactive ketones (excluding diaryl/α,β-unsaturated/α-hetero) is 1. The first-order valence-corrected chi connectivity index (χ1v) is 11.9. The van der Waals surface area contributed by atoms with Crippen molar-refractivity contribution in [2.45, 2.75) is 58.0 Å². The van der Waals surface area contributed by atoms with Gasteiger partial charge in [0.25, 0.3) is 0 Å². The first kappa shape index (κ1) is 26.4. The molecule has 3 aromatic rings. The third-order valence-electron chi connectivity index (χ3n) is 5.94. The highest BCUT2D eigenvalue weighted by Crippen LogP contribution is 2.37. The van der Waals surface area contributed by atoms with E-state index in [1.165, 1.54) is 26.8 Å². The van der Waals surface area contributed by atoms with Crippen LogP contribution < -0.4 is 0 Å². The summed E-state index contributed by atoms with van der Waals surface area (Å²) in [6, 6.07) is 18.7. The lowest BCUT2D eigenvalue weighted by atomic mass is 9.98. The molecule has 0 aliphatic heterocycles.